The van der Waals surface area contributed by atoms with Crippen LogP contribution < -0.4 is 0 Å². The summed E-state index contributed by atoms with van der Waals surface area (Å²) in [6, 6.07) is 11.6. The van der Waals surface area contributed by atoms with Gasteiger partial charge in [-0.3, -0.25) is 0 Å². The van der Waals surface area contributed by atoms with Gasteiger partial charge >= 0.3 is 5.97 Å². The van der Waals surface area contributed by atoms with Crippen LogP contribution in [0.2, 0.25) is 0 Å². The Balaban J connectivity index is 1.47. The molecule has 0 aromatic heterocycles. The first kappa shape index (κ1) is 19.5. The van der Waals surface area contributed by atoms with Gasteiger partial charge in [0, 0.05) is 16.3 Å². The lowest BCUT2D eigenvalue weighted by Crippen LogP contribution is -2.48. The van der Waals surface area contributed by atoms with Crippen LogP contribution in [0.4, 0.5) is 0 Å². The number of carboxylic acid groups (broad SMARTS) is 1. The van der Waals surface area contributed by atoms with Gasteiger partial charge in [0.1, 0.15) is 17.2 Å². The zero-order valence-corrected chi connectivity index (χ0v) is 17.7. The molecule has 0 atom stereocenters. The van der Waals surface area contributed by atoms with E-state index < -0.39 is 5.97 Å². The average molecular weight is 431 g/mol. The summed E-state index contributed by atoms with van der Waals surface area (Å²) in [6.45, 7) is 0. The highest BCUT2D eigenvalue weighted by molar-refractivity contribution is 6.01. The van der Waals surface area contributed by atoms with Gasteiger partial charge in [-0.25, -0.2) is 4.79 Å². The van der Waals surface area contributed by atoms with Crippen molar-refractivity contribution in [2.24, 2.45) is 17.8 Å². The van der Waals surface area contributed by atoms with E-state index in [2.05, 4.69) is 6.07 Å². The van der Waals surface area contributed by atoms with Crippen LogP contribution in [-0.2, 0) is 5.41 Å². The van der Waals surface area contributed by atoms with Gasteiger partial charge in [-0.15, -0.1) is 0 Å². The molecule has 0 saturated heterocycles. The minimum Gasteiger partial charge on any atom is -0.508 e. The third-order valence-corrected chi connectivity index (χ3v) is 8.21. The van der Waals surface area contributed by atoms with Gasteiger partial charge in [-0.2, -0.15) is 0 Å². The molecule has 4 bridgehead atoms. The van der Waals surface area contributed by atoms with E-state index in [1.807, 2.05) is 6.07 Å². The second-order valence-corrected chi connectivity index (χ2v) is 10.3. The number of hydrogen-bond donors (Lipinski definition) is 4. The first-order valence-electron chi connectivity index (χ1n) is 11.4. The summed E-state index contributed by atoms with van der Waals surface area (Å²) < 4.78 is 0. The van der Waals surface area contributed by atoms with Crippen molar-refractivity contribution < 1.29 is 25.2 Å². The Bertz CT molecular complexity index is 1240. The maximum atomic E-state index is 11.3. The third kappa shape index (κ3) is 2.87. The van der Waals surface area contributed by atoms with Crippen molar-refractivity contribution in [3.05, 3.63) is 53.6 Å². The normalized spacial score (nSPS) is 28.3. The van der Waals surface area contributed by atoms with Crippen LogP contribution in [0.5, 0.6) is 17.2 Å². The maximum Gasteiger partial charge on any atom is 0.335 e. The van der Waals surface area contributed by atoms with E-state index in [0.29, 0.717) is 16.5 Å². The molecule has 164 valence electrons. The topological polar surface area (TPSA) is 98.0 Å². The van der Waals surface area contributed by atoms with Gasteiger partial charge in [0.25, 0.3) is 0 Å². The van der Waals surface area contributed by atoms with Crippen molar-refractivity contribution >= 4 is 16.7 Å². The quantitative estimate of drug-likeness (QED) is 0.422. The lowest BCUT2D eigenvalue weighted by molar-refractivity contribution is -0.00611. The van der Waals surface area contributed by atoms with Gasteiger partial charge < -0.3 is 20.4 Å². The molecule has 0 unspecified atom stereocenters. The molecule has 0 amide bonds. The van der Waals surface area contributed by atoms with E-state index in [1.165, 1.54) is 31.4 Å². The number of benzene rings is 3. The monoisotopic (exact) mass is 430 g/mol. The Morgan fingerprint density at radius 1 is 0.719 bits per heavy atom. The fraction of sp³-hybridized carbons (Fsp3) is 0.370. The number of aromatic hydroxyl groups is 3. The van der Waals surface area contributed by atoms with Crippen molar-refractivity contribution in [1.82, 2.24) is 0 Å². The first-order chi connectivity index (χ1) is 15.3. The van der Waals surface area contributed by atoms with E-state index in [1.54, 1.807) is 18.2 Å². The molecule has 5 nitrogen and oxygen atoms in total. The van der Waals surface area contributed by atoms with E-state index >= 15 is 0 Å². The Labute approximate surface area is 186 Å². The summed E-state index contributed by atoms with van der Waals surface area (Å²) in [7, 11) is 0. The number of phenolic OH excluding ortho intramolecular Hbond substituents is 3. The molecular weight excluding hydrogens is 404 g/mol. The molecule has 4 aliphatic carbocycles. The van der Waals surface area contributed by atoms with Crippen molar-refractivity contribution in [2.75, 3.05) is 0 Å². The maximum absolute atomic E-state index is 11.3. The van der Waals surface area contributed by atoms with Gasteiger partial charge in [0.05, 0.1) is 5.56 Å². The average Bonchev–Trinajstić information content (AvgIpc) is 2.73. The van der Waals surface area contributed by atoms with Crippen LogP contribution >= 0.6 is 0 Å². The summed E-state index contributed by atoms with van der Waals surface area (Å²) >= 11 is 0. The van der Waals surface area contributed by atoms with Crippen molar-refractivity contribution in [3.8, 4) is 28.4 Å². The zero-order valence-electron chi connectivity index (χ0n) is 17.7. The predicted octanol–water partition coefficient (Wildman–Crippen LogP) is 5.79. The molecule has 0 radical (unpaired) electrons. The minimum absolute atomic E-state index is 0.0340. The molecular formula is C27H26O5. The van der Waals surface area contributed by atoms with Crippen LogP contribution in [0.25, 0.3) is 21.9 Å². The van der Waals surface area contributed by atoms with Crippen LogP contribution in [0.3, 0.4) is 0 Å². The van der Waals surface area contributed by atoms with E-state index in [4.69, 9.17) is 0 Å². The predicted molar refractivity (Wildman–Crippen MR) is 121 cm³/mol. The number of carbonyl (C=O) groups is 1. The molecule has 0 spiro atoms. The summed E-state index contributed by atoms with van der Waals surface area (Å²) in [5, 5.41) is 41.9. The van der Waals surface area contributed by atoms with Crippen LogP contribution in [0.15, 0.2) is 42.5 Å². The molecule has 4 N–H and O–H groups in total. The lowest BCUT2D eigenvalue weighted by atomic mass is 9.48. The molecule has 3 aromatic carbocycles. The van der Waals surface area contributed by atoms with E-state index in [-0.39, 0.29) is 22.5 Å². The fourth-order valence-electron chi connectivity index (χ4n) is 7.29. The standard InChI is InChI=1S/C27H26O5/c28-23-2-1-17(8-22(23)27-11-14-3-15(12-27)5-16(4-14)13-27)18-6-20-21(24(29)9-18)7-19(26(31)32)10-25(20)30/h1-2,6-10,14-16,28-30H,3-5,11-13H2,(H,31,32). The van der Waals surface area contributed by atoms with Crippen LogP contribution in [-0.4, -0.2) is 26.4 Å². The highest BCUT2D eigenvalue weighted by Gasteiger charge is 2.52. The highest BCUT2D eigenvalue weighted by Crippen LogP contribution is 2.62. The molecule has 0 heterocycles. The summed E-state index contributed by atoms with van der Waals surface area (Å²) in [5.41, 5.74) is 2.56. The number of carboxylic acids is 1. The number of fused-ring (bicyclic) bond motifs is 1. The summed E-state index contributed by atoms with van der Waals surface area (Å²) in [5.74, 6) is 1.19. The summed E-state index contributed by atoms with van der Waals surface area (Å²) in [4.78, 5) is 11.3. The largest absolute Gasteiger partial charge is 0.508 e. The Hall–Kier alpha value is -3.21. The third-order valence-electron chi connectivity index (χ3n) is 8.21. The smallest absolute Gasteiger partial charge is 0.335 e. The van der Waals surface area contributed by atoms with E-state index in [0.717, 1.165) is 53.7 Å². The van der Waals surface area contributed by atoms with Crippen molar-refractivity contribution in [3.63, 3.8) is 0 Å². The molecule has 3 aromatic rings. The Kier molecular flexibility index (Phi) is 4.04. The van der Waals surface area contributed by atoms with Crippen molar-refractivity contribution in [1.29, 1.82) is 0 Å². The molecule has 7 rings (SSSR count). The summed E-state index contributed by atoms with van der Waals surface area (Å²) in [6.07, 6.45) is 7.40. The second kappa shape index (κ2) is 6.64. The molecule has 4 fully saturated rings. The second-order valence-electron chi connectivity index (χ2n) is 10.3. The minimum atomic E-state index is -1.16. The molecule has 4 aliphatic rings. The number of phenols is 3. The first-order valence-corrected chi connectivity index (χ1v) is 11.4. The molecule has 0 aliphatic heterocycles. The number of rotatable bonds is 3. The van der Waals surface area contributed by atoms with Crippen LogP contribution in [0.1, 0.15) is 54.4 Å². The number of aromatic carboxylic acids is 1. The van der Waals surface area contributed by atoms with Crippen molar-refractivity contribution in [2.45, 2.75) is 43.9 Å². The van der Waals surface area contributed by atoms with Gasteiger partial charge in [-0.1, -0.05) is 6.07 Å². The number of hydrogen-bond acceptors (Lipinski definition) is 4. The fourth-order valence-corrected chi connectivity index (χ4v) is 7.29. The SMILES string of the molecule is O=C(O)c1cc(O)c2cc(-c3ccc(O)c(C45CC6CC(CC(C6)C4)C5)c3)cc(O)c2c1. The lowest BCUT2D eigenvalue weighted by Gasteiger charge is -2.57. The Morgan fingerprint density at radius 2 is 1.31 bits per heavy atom. The van der Waals surface area contributed by atoms with Gasteiger partial charge in [0.2, 0.25) is 0 Å². The van der Waals surface area contributed by atoms with Gasteiger partial charge in [0.15, 0.2) is 0 Å². The molecule has 4 saturated carbocycles. The zero-order chi connectivity index (χ0) is 22.2. The molecule has 5 heteroatoms. The highest BCUT2D eigenvalue weighted by atomic mass is 16.4. The Morgan fingerprint density at radius 3 is 1.94 bits per heavy atom. The van der Waals surface area contributed by atoms with E-state index in [9.17, 15) is 25.2 Å². The van der Waals surface area contributed by atoms with Crippen LogP contribution in [0, 0.1) is 17.8 Å². The van der Waals surface area contributed by atoms with Gasteiger partial charge in [-0.05, 0) is 109 Å². The molecule has 32 heavy (non-hydrogen) atoms.